The molecular formula is C22H41NO5S6. The normalized spacial score (nSPS) is 19.5. The molecule has 0 bridgehead atoms. The highest BCUT2D eigenvalue weighted by atomic mass is 32.1. The lowest BCUT2D eigenvalue weighted by atomic mass is 9.86. The molecule has 1 rings (SSSR count). The van der Waals surface area contributed by atoms with E-state index in [-0.39, 0.29) is 67.5 Å². The summed E-state index contributed by atoms with van der Waals surface area (Å²) in [6.07, 6.45) is -0.0873. The molecule has 0 aliphatic carbocycles. The van der Waals surface area contributed by atoms with E-state index in [0.29, 0.717) is 4.90 Å². The Morgan fingerprint density at radius 2 is 1.32 bits per heavy atom. The van der Waals surface area contributed by atoms with Gasteiger partial charge >= 0.3 is 0 Å². The minimum Gasteiger partial charge on any atom is -0.299 e. The Labute approximate surface area is 240 Å². The number of Topliss-reactive ketones (excluding diaryl/α,β-unsaturated/α-hetero) is 2. The molecule has 1 aliphatic rings. The van der Waals surface area contributed by atoms with Crippen LogP contribution in [0.4, 0.5) is 0 Å². The lowest BCUT2D eigenvalue weighted by molar-refractivity contribution is -0.149. The summed E-state index contributed by atoms with van der Waals surface area (Å²) in [7, 11) is 0. The van der Waals surface area contributed by atoms with Gasteiger partial charge in [0.25, 0.3) is 0 Å². The van der Waals surface area contributed by atoms with Crippen molar-refractivity contribution in [2.75, 3.05) is 0 Å². The fraction of sp³-hybridized carbons (Fsp3) is 0.773. The number of ketones is 2. The van der Waals surface area contributed by atoms with E-state index < -0.39 is 39.4 Å². The zero-order chi connectivity index (χ0) is 25.8. The number of carbonyl (C=O) groups excluding carboxylic acids is 5. The second-order valence-corrected chi connectivity index (χ2v) is 12.7. The standard InChI is InChI=1S/C15H23NO4S3.C7H14OS.2H2S/c1-7(21)13(19)16-11(18)5-8(14(16)20)10(22)6-9(17)12(23)15(2,3)4;1-5(8)6(9)7(2,3)4;;/h7-8,10,12,21-23H,5-6H2,1-4H3;6,9H,1-4H3;2*1H2. The van der Waals surface area contributed by atoms with E-state index in [1.54, 1.807) is 6.92 Å². The highest BCUT2D eigenvalue weighted by molar-refractivity contribution is 7.82. The number of likely N-dealkylation sites (tertiary alicyclic amines) is 1. The van der Waals surface area contributed by atoms with E-state index in [1.165, 1.54) is 6.92 Å². The van der Waals surface area contributed by atoms with Gasteiger partial charge in [0.15, 0.2) is 0 Å². The molecule has 34 heavy (non-hydrogen) atoms. The Morgan fingerprint density at radius 3 is 1.62 bits per heavy atom. The number of carbonyl (C=O) groups is 5. The third kappa shape index (κ3) is 11.5. The van der Waals surface area contributed by atoms with Crippen LogP contribution in [0.5, 0.6) is 0 Å². The predicted molar refractivity (Wildman–Crippen MR) is 162 cm³/mol. The lowest BCUT2D eigenvalue weighted by Gasteiger charge is -2.26. The maximum Gasteiger partial charge on any atom is 0.248 e. The Hall–Kier alpha value is 0.250. The maximum atomic E-state index is 12.3. The number of nitrogens with zero attached hydrogens (tertiary/aromatic N) is 1. The highest BCUT2D eigenvalue weighted by Crippen LogP contribution is 2.32. The minimum absolute atomic E-state index is 0. The molecule has 0 saturated carbocycles. The molecule has 200 valence electrons. The van der Waals surface area contributed by atoms with E-state index in [2.05, 4.69) is 50.5 Å². The Kier molecular flexibility index (Phi) is 17.7. The van der Waals surface area contributed by atoms with Crippen LogP contribution < -0.4 is 0 Å². The molecule has 0 spiro atoms. The van der Waals surface area contributed by atoms with Gasteiger partial charge < -0.3 is 0 Å². The SMILES string of the molecule is CC(=O)C(S)C(C)(C)C.CC(S)C(=O)N1C(=O)CC(C(S)CC(=O)C(S)C(C)(C)C)C1=O.S.S. The predicted octanol–water partition coefficient (Wildman–Crippen LogP) is 3.95. The van der Waals surface area contributed by atoms with Crippen LogP contribution in [-0.4, -0.2) is 55.2 Å². The van der Waals surface area contributed by atoms with Gasteiger partial charge in [-0.2, -0.15) is 77.5 Å². The minimum atomic E-state index is -0.772. The van der Waals surface area contributed by atoms with Gasteiger partial charge in [0.1, 0.15) is 11.6 Å². The van der Waals surface area contributed by atoms with Crippen molar-refractivity contribution in [1.29, 1.82) is 0 Å². The topological polar surface area (TPSA) is 88.6 Å². The fourth-order valence-electron chi connectivity index (χ4n) is 2.93. The van der Waals surface area contributed by atoms with Crippen LogP contribution >= 0.6 is 77.5 Å². The average Bonchev–Trinajstić information content (AvgIpc) is 2.92. The molecule has 0 aromatic rings. The average molecular weight is 592 g/mol. The number of amides is 3. The molecule has 1 heterocycles. The van der Waals surface area contributed by atoms with Crippen molar-refractivity contribution in [3.05, 3.63) is 0 Å². The molecule has 0 radical (unpaired) electrons. The quantitative estimate of drug-likeness (QED) is 0.278. The van der Waals surface area contributed by atoms with Gasteiger partial charge in [0, 0.05) is 18.1 Å². The van der Waals surface area contributed by atoms with Crippen LogP contribution in [0.25, 0.3) is 0 Å². The summed E-state index contributed by atoms with van der Waals surface area (Å²) in [4.78, 5) is 59.8. The molecule has 1 saturated heterocycles. The number of thiol groups is 4. The first-order chi connectivity index (χ1) is 14.2. The van der Waals surface area contributed by atoms with Gasteiger partial charge in [-0.1, -0.05) is 41.5 Å². The Bertz CT molecular complexity index is 745. The first kappa shape index (κ1) is 38.8. The smallest absolute Gasteiger partial charge is 0.248 e. The van der Waals surface area contributed by atoms with Crippen molar-refractivity contribution in [3.8, 4) is 0 Å². The van der Waals surface area contributed by atoms with Crippen LogP contribution in [0, 0.1) is 16.7 Å². The molecule has 1 fully saturated rings. The van der Waals surface area contributed by atoms with Gasteiger partial charge in [-0.05, 0) is 24.7 Å². The summed E-state index contributed by atoms with van der Waals surface area (Å²) < 4.78 is 0. The number of rotatable bonds is 6. The summed E-state index contributed by atoms with van der Waals surface area (Å²) in [5, 5.41) is -1.98. The molecule has 3 amide bonds. The van der Waals surface area contributed by atoms with Crippen molar-refractivity contribution >= 4 is 107 Å². The highest BCUT2D eigenvalue weighted by Gasteiger charge is 2.46. The molecule has 0 aromatic carbocycles. The molecular weight excluding hydrogens is 551 g/mol. The molecule has 1 aliphatic heterocycles. The molecule has 12 heteroatoms. The van der Waals surface area contributed by atoms with Crippen LogP contribution in [0.1, 0.15) is 68.2 Å². The van der Waals surface area contributed by atoms with E-state index in [4.69, 9.17) is 0 Å². The summed E-state index contributed by atoms with van der Waals surface area (Å²) in [5.41, 5.74) is -0.318. The van der Waals surface area contributed by atoms with Crippen molar-refractivity contribution in [2.45, 2.75) is 89.2 Å². The zero-order valence-corrected chi connectivity index (χ0v) is 26.7. The zero-order valence-electron chi connectivity index (χ0n) is 21.1. The van der Waals surface area contributed by atoms with Crippen LogP contribution in [-0.2, 0) is 24.0 Å². The third-order valence-electron chi connectivity index (χ3n) is 4.96. The van der Waals surface area contributed by atoms with Gasteiger partial charge in [0.05, 0.1) is 21.7 Å². The first-order valence-electron chi connectivity index (χ1n) is 10.4. The molecule has 0 N–H and O–H groups in total. The Morgan fingerprint density at radius 1 is 0.912 bits per heavy atom. The van der Waals surface area contributed by atoms with Gasteiger partial charge in [0.2, 0.25) is 17.7 Å². The largest absolute Gasteiger partial charge is 0.299 e. The molecule has 5 unspecified atom stereocenters. The number of imide groups is 3. The number of hydrogen-bond donors (Lipinski definition) is 4. The second-order valence-electron chi connectivity index (χ2n) is 10.3. The maximum absolute atomic E-state index is 12.3. The molecule has 6 nitrogen and oxygen atoms in total. The van der Waals surface area contributed by atoms with Crippen molar-refractivity contribution in [1.82, 2.24) is 4.90 Å². The summed E-state index contributed by atoms with van der Waals surface area (Å²) in [6, 6.07) is 0. The number of hydrogen-bond acceptors (Lipinski definition) is 9. The third-order valence-corrected chi connectivity index (χ3v) is 7.93. The summed E-state index contributed by atoms with van der Waals surface area (Å²) in [5.74, 6) is -2.55. The monoisotopic (exact) mass is 591 g/mol. The van der Waals surface area contributed by atoms with E-state index in [0.717, 1.165) is 0 Å². The van der Waals surface area contributed by atoms with Crippen molar-refractivity contribution < 1.29 is 24.0 Å². The molecule has 0 aromatic heterocycles. The summed E-state index contributed by atoms with van der Waals surface area (Å²) >= 11 is 16.8. The van der Waals surface area contributed by atoms with Crippen LogP contribution in [0.3, 0.4) is 0 Å². The first-order valence-corrected chi connectivity index (χ1v) is 12.5. The molecule has 5 atom stereocenters. The fourth-order valence-corrected chi connectivity index (χ4v) is 3.56. The van der Waals surface area contributed by atoms with Crippen molar-refractivity contribution in [3.63, 3.8) is 0 Å². The van der Waals surface area contributed by atoms with E-state index in [1.807, 2.05) is 41.5 Å². The lowest BCUT2D eigenvalue weighted by Crippen LogP contribution is -2.41. The Balaban J connectivity index is -0.000000747. The van der Waals surface area contributed by atoms with Gasteiger partial charge in [-0.3, -0.25) is 24.0 Å². The van der Waals surface area contributed by atoms with E-state index >= 15 is 0 Å². The second kappa shape index (κ2) is 15.5. The van der Waals surface area contributed by atoms with Gasteiger partial charge in [-0.25, -0.2) is 4.90 Å². The van der Waals surface area contributed by atoms with Crippen molar-refractivity contribution in [2.24, 2.45) is 16.7 Å². The summed E-state index contributed by atoms with van der Waals surface area (Å²) in [6.45, 7) is 14.8. The van der Waals surface area contributed by atoms with Crippen LogP contribution in [0.15, 0.2) is 0 Å². The van der Waals surface area contributed by atoms with Gasteiger partial charge in [-0.15, -0.1) is 0 Å². The van der Waals surface area contributed by atoms with Crippen LogP contribution in [0.2, 0.25) is 0 Å². The van der Waals surface area contributed by atoms with E-state index in [9.17, 15) is 24.0 Å².